The molecule has 0 aliphatic heterocycles. The van der Waals surface area contributed by atoms with Crippen LogP contribution in [0.2, 0.25) is 5.02 Å². The van der Waals surface area contributed by atoms with E-state index in [9.17, 15) is 9.59 Å². The Balaban J connectivity index is 1.49. The molecular formula is C20H16ClN5O2S2. The number of hydrogen-bond donors (Lipinski definition) is 1. The van der Waals surface area contributed by atoms with Crippen LogP contribution in [0.4, 0.5) is 0 Å². The number of H-pyrrole nitrogens is 1. The van der Waals surface area contributed by atoms with Crippen LogP contribution in [0.15, 0.2) is 40.6 Å². The molecule has 7 nitrogen and oxygen atoms in total. The Morgan fingerprint density at radius 1 is 1.30 bits per heavy atom. The van der Waals surface area contributed by atoms with Gasteiger partial charge in [-0.1, -0.05) is 18.5 Å². The number of imidazole rings is 1. The summed E-state index contributed by atoms with van der Waals surface area (Å²) in [5, 5.41) is 2.95. The van der Waals surface area contributed by atoms with Gasteiger partial charge in [0, 0.05) is 23.1 Å². The third kappa shape index (κ3) is 3.28. The number of nitrogens with one attached hydrogen (secondary N) is 1. The van der Waals surface area contributed by atoms with Crippen LogP contribution in [-0.4, -0.2) is 36.7 Å². The molecule has 4 aromatic heterocycles. The molecular weight excluding hydrogens is 442 g/mol. The molecule has 0 saturated carbocycles. The molecule has 0 radical (unpaired) electrons. The first kappa shape index (κ1) is 19.2. The lowest BCUT2D eigenvalue weighted by molar-refractivity contribution is 0.0744. The highest BCUT2D eigenvalue weighted by atomic mass is 35.5. The van der Waals surface area contributed by atoms with E-state index in [-0.39, 0.29) is 18.0 Å². The van der Waals surface area contributed by atoms with E-state index in [2.05, 4.69) is 15.0 Å². The number of amides is 1. The third-order valence-corrected chi connectivity index (χ3v) is 6.79. The molecule has 0 spiro atoms. The Morgan fingerprint density at radius 2 is 2.17 bits per heavy atom. The number of carbonyl (C=O) groups is 1. The van der Waals surface area contributed by atoms with Crippen molar-refractivity contribution in [2.45, 2.75) is 19.9 Å². The average Bonchev–Trinajstić information content (AvgIpc) is 3.39. The largest absolute Gasteiger partial charge is 0.330 e. The van der Waals surface area contributed by atoms with Crippen LogP contribution in [0.25, 0.3) is 26.2 Å². The molecule has 0 saturated heterocycles. The monoisotopic (exact) mass is 457 g/mol. The molecule has 0 atom stereocenters. The summed E-state index contributed by atoms with van der Waals surface area (Å²) >= 11 is 8.99. The number of thiazole rings is 1. The average molecular weight is 458 g/mol. The van der Waals surface area contributed by atoms with Gasteiger partial charge in [-0.2, -0.15) is 0 Å². The number of benzene rings is 1. The van der Waals surface area contributed by atoms with E-state index >= 15 is 0 Å². The maximum atomic E-state index is 13.2. The Labute approximate surface area is 183 Å². The standard InChI is InChI=1S/C20H16ClN5O2S2/c1-2-5-25(10-16-22-13-8-11(21)3-4-12(13)17(27)23-16)19(28)15-9-14-18(30-15)24-20-26(14)6-7-29-20/h3-4,6-9H,2,5,10H2,1H3,(H,22,23,27). The highest BCUT2D eigenvalue weighted by molar-refractivity contribution is 7.21. The fraction of sp³-hybridized carbons (Fsp3) is 0.200. The lowest BCUT2D eigenvalue weighted by Gasteiger charge is -2.21. The van der Waals surface area contributed by atoms with Crippen molar-refractivity contribution in [3.05, 3.63) is 61.9 Å². The van der Waals surface area contributed by atoms with Crippen LogP contribution in [-0.2, 0) is 6.54 Å². The van der Waals surface area contributed by atoms with Crippen molar-refractivity contribution in [2.75, 3.05) is 6.54 Å². The summed E-state index contributed by atoms with van der Waals surface area (Å²) in [5.41, 5.74) is 1.20. The number of thiophene rings is 1. The summed E-state index contributed by atoms with van der Waals surface area (Å²) in [7, 11) is 0. The van der Waals surface area contributed by atoms with E-state index in [1.807, 2.05) is 29.0 Å². The van der Waals surface area contributed by atoms with Gasteiger partial charge in [0.2, 0.25) is 0 Å². The molecule has 0 aliphatic rings. The highest BCUT2D eigenvalue weighted by Crippen LogP contribution is 2.29. The Kier molecular flexibility index (Phi) is 4.80. The van der Waals surface area contributed by atoms with Crippen molar-refractivity contribution in [1.82, 2.24) is 24.3 Å². The molecule has 5 aromatic rings. The number of aromatic nitrogens is 4. The summed E-state index contributed by atoms with van der Waals surface area (Å²) in [4.78, 5) is 41.6. The number of aromatic amines is 1. The van der Waals surface area contributed by atoms with Gasteiger partial charge >= 0.3 is 0 Å². The topological polar surface area (TPSA) is 83.4 Å². The van der Waals surface area contributed by atoms with Gasteiger partial charge in [0.1, 0.15) is 10.7 Å². The fourth-order valence-electron chi connectivity index (χ4n) is 3.45. The SMILES string of the molecule is CCCN(Cc1nc2cc(Cl)ccc2c(=O)[nH]1)C(=O)c1cc2c(nc3sccn32)s1. The molecule has 0 bridgehead atoms. The summed E-state index contributed by atoms with van der Waals surface area (Å²) in [6, 6.07) is 6.84. The lowest BCUT2D eigenvalue weighted by Crippen LogP contribution is -2.32. The molecule has 1 amide bonds. The molecule has 1 aromatic carbocycles. The third-order valence-electron chi connectivity index (χ3n) is 4.79. The maximum Gasteiger partial charge on any atom is 0.264 e. The van der Waals surface area contributed by atoms with Gasteiger partial charge in [-0.15, -0.1) is 22.7 Å². The Hall–Kier alpha value is -2.75. The van der Waals surface area contributed by atoms with E-state index in [1.54, 1.807) is 34.4 Å². The van der Waals surface area contributed by atoms with Gasteiger partial charge in [0.15, 0.2) is 4.96 Å². The number of halogens is 1. The zero-order valence-corrected chi connectivity index (χ0v) is 18.3. The van der Waals surface area contributed by atoms with Crippen molar-refractivity contribution >= 4 is 66.4 Å². The zero-order valence-electron chi connectivity index (χ0n) is 15.9. The summed E-state index contributed by atoms with van der Waals surface area (Å²) < 4.78 is 1.99. The summed E-state index contributed by atoms with van der Waals surface area (Å²) in [6.07, 6.45) is 2.74. The van der Waals surface area contributed by atoms with Crippen molar-refractivity contribution < 1.29 is 4.79 Å². The van der Waals surface area contributed by atoms with Gasteiger partial charge in [0.25, 0.3) is 11.5 Å². The smallest absolute Gasteiger partial charge is 0.264 e. The van der Waals surface area contributed by atoms with Crippen LogP contribution in [0, 0.1) is 0 Å². The number of nitrogens with zero attached hydrogens (tertiary/aromatic N) is 4. The number of fused-ring (bicyclic) bond motifs is 4. The molecule has 1 N–H and O–H groups in total. The van der Waals surface area contributed by atoms with Crippen LogP contribution in [0.5, 0.6) is 0 Å². The van der Waals surface area contributed by atoms with Gasteiger partial charge in [0.05, 0.1) is 27.8 Å². The van der Waals surface area contributed by atoms with Crippen molar-refractivity contribution in [3.8, 4) is 0 Å². The molecule has 152 valence electrons. The minimum absolute atomic E-state index is 0.0994. The minimum atomic E-state index is -0.245. The maximum absolute atomic E-state index is 13.2. The minimum Gasteiger partial charge on any atom is -0.330 e. The van der Waals surface area contributed by atoms with Gasteiger partial charge < -0.3 is 9.88 Å². The highest BCUT2D eigenvalue weighted by Gasteiger charge is 2.21. The van der Waals surface area contributed by atoms with E-state index in [0.717, 1.165) is 21.7 Å². The lowest BCUT2D eigenvalue weighted by atomic mass is 10.2. The van der Waals surface area contributed by atoms with Crippen LogP contribution >= 0.6 is 34.3 Å². The molecule has 4 heterocycles. The number of rotatable bonds is 5. The molecule has 10 heteroatoms. The first-order valence-corrected chi connectivity index (χ1v) is 11.4. The van der Waals surface area contributed by atoms with Crippen LogP contribution in [0.3, 0.4) is 0 Å². The second-order valence-electron chi connectivity index (χ2n) is 6.87. The number of hydrogen-bond acceptors (Lipinski definition) is 6. The van der Waals surface area contributed by atoms with Crippen LogP contribution < -0.4 is 5.56 Å². The molecule has 5 rings (SSSR count). The Bertz CT molecular complexity index is 1460. The van der Waals surface area contributed by atoms with Gasteiger partial charge in [-0.05, 0) is 30.7 Å². The summed E-state index contributed by atoms with van der Waals surface area (Å²) in [5.74, 6) is 0.331. The van der Waals surface area contributed by atoms with E-state index in [4.69, 9.17) is 11.6 Å². The molecule has 0 unspecified atom stereocenters. The molecule has 0 fully saturated rings. The van der Waals surface area contributed by atoms with Crippen molar-refractivity contribution in [2.24, 2.45) is 0 Å². The number of carbonyl (C=O) groups excluding carboxylic acids is 1. The normalized spacial score (nSPS) is 11.7. The van der Waals surface area contributed by atoms with Crippen LogP contribution in [0.1, 0.15) is 28.8 Å². The quantitative estimate of drug-likeness (QED) is 0.419. The van der Waals surface area contributed by atoms with Gasteiger partial charge in [-0.3, -0.25) is 14.0 Å². The Morgan fingerprint density at radius 3 is 3.00 bits per heavy atom. The predicted molar refractivity (Wildman–Crippen MR) is 121 cm³/mol. The first-order valence-electron chi connectivity index (χ1n) is 9.36. The van der Waals surface area contributed by atoms with Crippen molar-refractivity contribution in [1.29, 1.82) is 0 Å². The summed E-state index contributed by atoms with van der Waals surface area (Å²) in [6.45, 7) is 2.77. The predicted octanol–water partition coefficient (Wildman–Crippen LogP) is 4.55. The fourth-order valence-corrected chi connectivity index (χ4v) is 5.38. The second kappa shape index (κ2) is 7.50. The van der Waals surface area contributed by atoms with Crippen molar-refractivity contribution in [3.63, 3.8) is 0 Å². The molecule has 30 heavy (non-hydrogen) atoms. The second-order valence-corrected chi connectivity index (χ2v) is 9.21. The zero-order chi connectivity index (χ0) is 20.8. The van der Waals surface area contributed by atoms with E-state index in [0.29, 0.717) is 33.2 Å². The molecule has 0 aliphatic carbocycles. The van der Waals surface area contributed by atoms with E-state index in [1.165, 1.54) is 11.3 Å². The van der Waals surface area contributed by atoms with Gasteiger partial charge in [-0.25, -0.2) is 9.97 Å². The first-order chi connectivity index (χ1) is 14.5. The van der Waals surface area contributed by atoms with E-state index < -0.39 is 0 Å².